The van der Waals surface area contributed by atoms with Crippen molar-refractivity contribution in [3.63, 3.8) is 0 Å². The van der Waals surface area contributed by atoms with Crippen LogP contribution in [0.25, 0.3) is 0 Å². The molecule has 2 heterocycles. The first-order chi connectivity index (χ1) is 14.3. The second-order valence-corrected chi connectivity index (χ2v) is 9.25. The lowest BCUT2D eigenvalue weighted by Crippen LogP contribution is -2.47. The van der Waals surface area contributed by atoms with Crippen LogP contribution in [0.2, 0.25) is 5.02 Å². The van der Waals surface area contributed by atoms with Crippen molar-refractivity contribution in [2.24, 2.45) is 5.92 Å². The van der Waals surface area contributed by atoms with Gasteiger partial charge in [0.1, 0.15) is 5.82 Å². The highest BCUT2D eigenvalue weighted by Gasteiger charge is 2.32. The summed E-state index contributed by atoms with van der Waals surface area (Å²) in [4.78, 5) is 8.44. The lowest BCUT2D eigenvalue weighted by atomic mass is 9.83. The largest absolute Gasteiger partial charge is 0.417 e. The summed E-state index contributed by atoms with van der Waals surface area (Å²) in [5.74, 6) is 1.26. The Morgan fingerprint density at radius 2 is 1.83 bits per heavy atom. The summed E-state index contributed by atoms with van der Waals surface area (Å²) in [6, 6.07) is 2.26. The standard InChI is InChI=1S/C22H34ClF3N4/c1-3-16(2)28-19-6-4-17(5-7-19)8-9-29-10-12-30(13-11-29)21-20(23)14-18(15-27-21)22(24,25)26/h14-17,19,28H,3-13H2,1-2H3/t16?,17-,19-. The SMILES string of the molecule is CCC(C)N[C@H]1CC[C@H](CCN2CCN(c3ncc(C(F)(F)F)cc3Cl)CC2)CC1. The maximum absolute atomic E-state index is 12.8. The number of pyridine rings is 1. The molecule has 2 fully saturated rings. The molecule has 4 nitrogen and oxygen atoms in total. The van der Waals surface area contributed by atoms with Crippen molar-refractivity contribution in [3.05, 3.63) is 22.8 Å². The fourth-order valence-electron chi connectivity index (χ4n) is 4.50. The highest BCUT2D eigenvalue weighted by molar-refractivity contribution is 6.33. The van der Waals surface area contributed by atoms with E-state index in [9.17, 15) is 13.2 Å². The van der Waals surface area contributed by atoms with E-state index < -0.39 is 11.7 Å². The summed E-state index contributed by atoms with van der Waals surface area (Å²) in [7, 11) is 0. The number of hydrogen-bond acceptors (Lipinski definition) is 4. The fraction of sp³-hybridized carbons (Fsp3) is 0.773. The fourth-order valence-corrected chi connectivity index (χ4v) is 4.79. The zero-order valence-electron chi connectivity index (χ0n) is 18.0. The molecule has 170 valence electrons. The Labute approximate surface area is 183 Å². The van der Waals surface area contributed by atoms with Gasteiger partial charge in [0.05, 0.1) is 10.6 Å². The minimum Gasteiger partial charge on any atom is -0.353 e. The van der Waals surface area contributed by atoms with E-state index in [4.69, 9.17) is 11.6 Å². The van der Waals surface area contributed by atoms with Crippen molar-refractivity contribution in [1.82, 2.24) is 15.2 Å². The summed E-state index contributed by atoms with van der Waals surface area (Å²) >= 11 is 6.10. The summed E-state index contributed by atoms with van der Waals surface area (Å²) in [6.07, 6.45) is 4.03. The molecule has 0 amide bonds. The highest BCUT2D eigenvalue weighted by atomic mass is 35.5. The molecule has 30 heavy (non-hydrogen) atoms. The molecule has 2 aliphatic rings. The van der Waals surface area contributed by atoms with Crippen LogP contribution in [-0.4, -0.2) is 54.7 Å². The Morgan fingerprint density at radius 3 is 2.40 bits per heavy atom. The van der Waals surface area contributed by atoms with Crippen LogP contribution in [0.15, 0.2) is 12.3 Å². The molecule has 1 N–H and O–H groups in total. The second-order valence-electron chi connectivity index (χ2n) is 8.84. The first-order valence-electron chi connectivity index (χ1n) is 11.2. The molecule has 0 spiro atoms. The van der Waals surface area contributed by atoms with Crippen molar-refractivity contribution in [3.8, 4) is 0 Å². The van der Waals surface area contributed by atoms with Crippen LogP contribution < -0.4 is 10.2 Å². The molecule has 8 heteroatoms. The number of aromatic nitrogens is 1. The summed E-state index contributed by atoms with van der Waals surface area (Å²) in [5.41, 5.74) is -0.802. The van der Waals surface area contributed by atoms with Crippen LogP contribution in [0, 0.1) is 5.92 Å². The average molecular weight is 447 g/mol. The third-order valence-electron chi connectivity index (χ3n) is 6.65. The molecule has 3 rings (SSSR count). The molecule has 1 saturated heterocycles. The molecule has 1 aromatic heterocycles. The first kappa shape index (κ1) is 23.6. The molecule has 1 aromatic rings. The maximum atomic E-state index is 12.8. The number of rotatable bonds is 7. The van der Waals surface area contributed by atoms with E-state index in [1.807, 2.05) is 4.90 Å². The van der Waals surface area contributed by atoms with Gasteiger partial charge in [-0.3, -0.25) is 4.90 Å². The Kier molecular flexibility index (Phi) is 8.27. The zero-order chi connectivity index (χ0) is 21.7. The minimum atomic E-state index is -4.42. The zero-order valence-corrected chi connectivity index (χ0v) is 18.8. The van der Waals surface area contributed by atoms with E-state index in [1.54, 1.807) is 0 Å². The normalized spacial score (nSPS) is 24.8. The number of halogens is 4. The van der Waals surface area contributed by atoms with Crippen LogP contribution in [0.4, 0.5) is 19.0 Å². The quantitative estimate of drug-likeness (QED) is 0.622. The molecule has 1 aliphatic carbocycles. The van der Waals surface area contributed by atoms with Crippen LogP contribution in [-0.2, 0) is 6.18 Å². The van der Waals surface area contributed by atoms with Gasteiger partial charge >= 0.3 is 6.18 Å². The highest BCUT2D eigenvalue weighted by Crippen LogP contribution is 2.34. The van der Waals surface area contributed by atoms with Crippen molar-refractivity contribution in [1.29, 1.82) is 0 Å². The third kappa shape index (κ3) is 6.47. The topological polar surface area (TPSA) is 31.4 Å². The van der Waals surface area contributed by atoms with Gasteiger partial charge < -0.3 is 10.2 Å². The number of anilines is 1. The van der Waals surface area contributed by atoms with Gasteiger partial charge in [-0.25, -0.2) is 4.98 Å². The van der Waals surface area contributed by atoms with Gasteiger partial charge in [0, 0.05) is 44.5 Å². The Balaban J connectivity index is 1.39. The van der Waals surface area contributed by atoms with Crippen LogP contribution in [0.1, 0.15) is 57.9 Å². The number of hydrogen-bond donors (Lipinski definition) is 1. The van der Waals surface area contributed by atoms with Gasteiger partial charge in [0.2, 0.25) is 0 Å². The number of nitrogens with one attached hydrogen (secondary N) is 1. The van der Waals surface area contributed by atoms with E-state index in [0.29, 0.717) is 17.9 Å². The summed E-state index contributed by atoms with van der Waals surface area (Å²) in [5, 5.41) is 3.81. The molecule has 0 radical (unpaired) electrons. The molecule has 1 aliphatic heterocycles. The molecule has 1 unspecified atom stereocenters. The lowest BCUT2D eigenvalue weighted by Gasteiger charge is -2.37. The Hall–Kier alpha value is -1.05. The van der Waals surface area contributed by atoms with Crippen LogP contribution in [0.5, 0.6) is 0 Å². The van der Waals surface area contributed by atoms with Crippen molar-refractivity contribution >= 4 is 17.4 Å². The van der Waals surface area contributed by atoms with Crippen molar-refractivity contribution in [2.45, 2.75) is 70.6 Å². The number of nitrogens with zero attached hydrogens (tertiary/aromatic N) is 3. The molecular weight excluding hydrogens is 413 g/mol. The van der Waals surface area contributed by atoms with Crippen molar-refractivity contribution < 1.29 is 13.2 Å². The van der Waals surface area contributed by atoms with Crippen LogP contribution in [0.3, 0.4) is 0 Å². The van der Waals surface area contributed by atoms with Gasteiger partial charge in [0.25, 0.3) is 0 Å². The molecule has 1 atom stereocenters. The monoisotopic (exact) mass is 446 g/mol. The van der Waals surface area contributed by atoms with Gasteiger partial charge in [-0.05, 0) is 64.0 Å². The smallest absolute Gasteiger partial charge is 0.353 e. The minimum absolute atomic E-state index is 0.0704. The van der Waals surface area contributed by atoms with Gasteiger partial charge in [0.15, 0.2) is 0 Å². The van der Waals surface area contributed by atoms with Gasteiger partial charge in [-0.2, -0.15) is 13.2 Å². The third-order valence-corrected chi connectivity index (χ3v) is 6.93. The maximum Gasteiger partial charge on any atom is 0.417 e. The molecular formula is C22H34ClF3N4. The van der Waals surface area contributed by atoms with E-state index in [2.05, 4.69) is 29.0 Å². The summed E-state index contributed by atoms with van der Waals surface area (Å²) in [6.45, 7) is 8.85. The Bertz CT molecular complexity index is 669. The van der Waals surface area contributed by atoms with E-state index in [1.165, 1.54) is 38.5 Å². The van der Waals surface area contributed by atoms with E-state index in [0.717, 1.165) is 50.9 Å². The molecule has 1 saturated carbocycles. The van der Waals surface area contributed by atoms with Crippen LogP contribution >= 0.6 is 11.6 Å². The van der Waals surface area contributed by atoms with Gasteiger partial charge in [-0.15, -0.1) is 0 Å². The molecule has 0 aromatic carbocycles. The first-order valence-corrected chi connectivity index (χ1v) is 11.6. The predicted octanol–water partition coefficient (Wildman–Crippen LogP) is 5.21. The van der Waals surface area contributed by atoms with E-state index >= 15 is 0 Å². The molecule has 0 bridgehead atoms. The number of alkyl halides is 3. The van der Waals surface area contributed by atoms with E-state index in [-0.39, 0.29) is 5.02 Å². The summed E-state index contributed by atoms with van der Waals surface area (Å²) < 4.78 is 38.4. The van der Waals surface area contributed by atoms with Gasteiger partial charge in [-0.1, -0.05) is 18.5 Å². The second kappa shape index (κ2) is 10.5. The predicted molar refractivity (Wildman–Crippen MR) is 116 cm³/mol. The Morgan fingerprint density at radius 1 is 1.17 bits per heavy atom. The number of piperazine rings is 1. The lowest BCUT2D eigenvalue weighted by molar-refractivity contribution is -0.137. The van der Waals surface area contributed by atoms with Crippen molar-refractivity contribution in [2.75, 3.05) is 37.6 Å². The average Bonchev–Trinajstić information content (AvgIpc) is 2.73.